The third kappa shape index (κ3) is 1.26. The molecule has 14 heavy (non-hydrogen) atoms. The van der Waals surface area contributed by atoms with Crippen LogP contribution >= 0.6 is 0 Å². The number of amides is 1. The van der Waals surface area contributed by atoms with Crippen molar-refractivity contribution in [2.45, 2.75) is 19.4 Å². The highest BCUT2D eigenvalue weighted by Crippen LogP contribution is 2.16. The molecule has 2 heterocycles. The number of nitrogens with one attached hydrogen (secondary N) is 3. The molecule has 0 aliphatic carbocycles. The predicted octanol–water partition coefficient (Wildman–Crippen LogP) is -2.14. The largest absolute Gasteiger partial charge is 0.481 e. The fourth-order valence-corrected chi connectivity index (χ4v) is 1.72. The second kappa shape index (κ2) is 3.19. The highest BCUT2D eigenvalue weighted by atomic mass is 16.4. The van der Waals surface area contributed by atoms with Crippen molar-refractivity contribution in [2.24, 2.45) is 5.92 Å². The Kier molecular flexibility index (Phi) is 2.14. The monoisotopic (exact) mass is 200 g/mol. The Balaban J connectivity index is 2.18. The first-order valence-electron chi connectivity index (χ1n) is 4.40. The van der Waals surface area contributed by atoms with Gasteiger partial charge >= 0.3 is 5.97 Å². The van der Waals surface area contributed by atoms with Gasteiger partial charge in [-0.2, -0.15) is 0 Å². The number of rotatable bonds is 1. The quantitative estimate of drug-likeness (QED) is 0.361. The Hall–Kier alpha value is -1.18. The summed E-state index contributed by atoms with van der Waals surface area (Å²) in [6.07, 6.45) is -0.491. The molecule has 2 rings (SSSR count). The van der Waals surface area contributed by atoms with Crippen molar-refractivity contribution in [3.63, 3.8) is 0 Å². The van der Waals surface area contributed by atoms with Gasteiger partial charge in [-0.1, -0.05) is 0 Å². The summed E-state index contributed by atoms with van der Waals surface area (Å²) >= 11 is 0. The van der Waals surface area contributed by atoms with Gasteiger partial charge in [0, 0.05) is 6.54 Å². The molecule has 78 valence electrons. The summed E-state index contributed by atoms with van der Waals surface area (Å²) < 4.78 is 0. The van der Waals surface area contributed by atoms with E-state index in [1.807, 2.05) is 0 Å². The minimum atomic E-state index is -1.08. The molecule has 0 radical (unpaired) electrons. The molecule has 0 aromatic rings. The molecule has 7 nitrogen and oxygen atoms in total. The van der Waals surface area contributed by atoms with E-state index in [9.17, 15) is 9.59 Å². The Morgan fingerprint density at radius 2 is 2.29 bits per heavy atom. The lowest BCUT2D eigenvalue weighted by Gasteiger charge is -2.34. The van der Waals surface area contributed by atoms with Crippen LogP contribution < -0.4 is 16.2 Å². The van der Waals surface area contributed by atoms with Gasteiger partial charge in [0.05, 0.1) is 6.17 Å². The van der Waals surface area contributed by atoms with Crippen LogP contribution in [0.5, 0.6) is 0 Å². The summed E-state index contributed by atoms with van der Waals surface area (Å²) in [5.74, 6) is -2.42. The van der Waals surface area contributed by atoms with E-state index in [2.05, 4.69) is 16.2 Å². The van der Waals surface area contributed by atoms with Crippen molar-refractivity contribution in [1.29, 1.82) is 0 Å². The molecule has 3 atom stereocenters. The Bertz CT molecular complexity index is 282. The van der Waals surface area contributed by atoms with E-state index in [1.165, 1.54) is 4.90 Å². The van der Waals surface area contributed by atoms with Crippen LogP contribution in [-0.2, 0) is 9.59 Å². The fraction of sp³-hybridized carbons (Fsp3) is 0.714. The normalized spacial score (nSPS) is 37.1. The lowest BCUT2D eigenvalue weighted by Crippen LogP contribution is -2.61. The molecule has 4 N–H and O–H groups in total. The van der Waals surface area contributed by atoms with Gasteiger partial charge < -0.3 is 5.11 Å². The number of carbonyl (C=O) groups excluding carboxylic acids is 1. The Morgan fingerprint density at radius 1 is 1.57 bits per heavy atom. The average Bonchev–Trinajstić information content (AvgIpc) is 2.48. The molecule has 3 unspecified atom stereocenters. The Labute approximate surface area is 80.4 Å². The Morgan fingerprint density at radius 3 is 2.93 bits per heavy atom. The molecule has 0 saturated carbocycles. The van der Waals surface area contributed by atoms with Crippen molar-refractivity contribution >= 4 is 11.9 Å². The minimum absolute atomic E-state index is 0.163. The van der Waals surface area contributed by atoms with E-state index in [-0.39, 0.29) is 24.9 Å². The van der Waals surface area contributed by atoms with Gasteiger partial charge in [-0.15, -0.1) is 0 Å². The van der Waals surface area contributed by atoms with E-state index in [0.717, 1.165) is 0 Å². The van der Waals surface area contributed by atoms with Crippen LogP contribution in [-0.4, -0.2) is 40.9 Å². The number of nitrogens with zero attached hydrogens (tertiary/aromatic N) is 1. The van der Waals surface area contributed by atoms with Crippen LogP contribution in [0.3, 0.4) is 0 Å². The SMILES string of the molecule is CC1NNC2NCC(C(=O)O)C(=O)N12. The van der Waals surface area contributed by atoms with E-state index < -0.39 is 11.9 Å². The molecule has 0 aromatic carbocycles. The lowest BCUT2D eigenvalue weighted by atomic mass is 10.1. The molecule has 0 spiro atoms. The van der Waals surface area contributed by atoms with E-state index in [4.69, 9.17) is 5.11 Å². The van der Waals surface area contributed by atoms with Gasteiger partial charge in [-0.25, -0.2) is 10.9 Å². The molecule has 0 aromatic heterocycles. The average molecular weight is 200 g/mol. The number of hydrogen-bond acceptors (Lipinski definition) is 5. The molecule has 2 aliphatic rings. The van der Waals surface area contributed by atoms with Crippen LogP contribution in [0.25, 0.3) is 0 Å². The molecule has 0 bridgehead atoms. The zero-order valence-corrected chi connectivity index (χ0v) is 7.65. The van der Waals surface area contributed by atoms with Crippen molar-refractivity contribution in [1.82, 2.24) is 21.1 Å². The highest BCUT2D eigenvalue weighted by Gasteiger charge is 2.44. The third-order valence-electron chi connectivity index (χ3n) is 2.49. The van der Waals surface area contributed by atoms with Gasteiger partial charge in [0.1, 0.15) is 5.92 Å². The number of carboxylic acids is 1. The zero-order valence-electron chi connectivity index (χ0n) is 7.65. The maximum absolute atomic E-state index is 11.7. The third-order valence-corrected chi connectivity index (χ3v) is 2.49. The first kappa shape index (κ1) is 9.38. The molecule has 2 saturated heterocycles. The van der Waals surface area contributed by atoms with Crippen LogP contribution in [0.2, 0.25) is 0 Å². The maximum Gasteiger partial charge on any atom is 0.317 e. The summed E-state index contributed by atoms with van der Waals surface area (Å²) in [4.78, 5) is 23.9. The van der Waals surface area contributed by atoms with Crippen LogP contribution in [0.1, 0.15) is 6.92 Å². The van der Waals surface area contributed by atoms with Gasteiger partial charge in [-0.3, -0.25) is 19.8 Å². The number of carbonyl (C=O) groups is 2. The summed E-state index contributed by atoms with van der Waals surface area (Å²) in [5.41, 5.74) is 5.70. The second-order valence-electron chi connectivity index (χ2n) is 3.41. The van der Waals surface area contributed by atoms with Gasteiger partial charge in [-0.05, 0) is 6.92 Å². The summed E-state index contributed by atoms with van der Waals surface area (Å²) in [5, 5.41) is 11.7. The number of fused-ring (bicyclic) bond motifs is 1. The maximum atomic E-state index is 11.7. The molecule has 2 fully saturated rings. The van der Waals surface area contributed by atoms with Crippen molar-refractivity contribution in [3.8, 4) is 0 Å². The lowest BCUT2D eigenvalue weighted by molar-refractivity contribution is -0.155. The standard InChI is InChI=1S/C7H12N4O3/c1-3-9-10-7-8-2-4(6(13)14)5(12)11(3)7/h3-4,7-10H,2H2,1H3,(H,13,14). The zero-order chi connectivity index (χ0) is 10.3. The first-order valence-corrected chi connectivity index (χ1v) is 4.40. The number of carboxylic acid groups (broad SMARTS) is 1. The molecule has 1 amide bonds. The van der Waals surface area contributed by atoms with E-state index in [0.29, 0.717) is 0 Å². The van der Waals surface area contributed by atoms with Crippen molar-refractivity contribution in [3.05, 3.63) is 0 Å². The topological polar surface area (TPSA) is 93.7 Å². The number of aliphatic carboxylic acids is 1. The number of hydrogen-bond donors (Lipinski definition) is 4. The van der Waals surface area contributed by atoms with Gasteiger partial charge in [0.15, 0.2) is 6.29 Å². The highest BCUT2D eigenvalue weighted by molar-refractivity contribution is 5.98. The molecule has 2 aliphatic heterocycles. The summed E-state index contributed by atoms with van der Waals surface area (Å²) in [6.45, 7) is 1.95. The van der Waals surface area contributed by atoms with Crippen molar-refractivity contribution in [2.75, 3.05) is 6.54 Å². The van der Waals surface area contributed by atoms with Gasteiger partial charge in [0.2, 0.25) is 5.91 Å². The summed E-state index contributed by atoms with van der Waals surface area (Å²) in [7, 11) is 0. The fourth-order valence-electron chi connectivity index (χ4n) is 1.72. The van der Waals surface area contributed by atoms with E-state index >= 15 is 0 Å². The molecular formula is C7H12N4O3. The van der Waals surface area contributed by atoms with Crippen LogP contribution in [0.4, 0.5) is 0 Å². The predicted molar refractivity (Wildman–Crippen MR) is 45.5 cm³/mol. The van der Waals surface area contributed by atoms with Crippen LogP contribution in [0, 0.1) is 5.92 Å². The molecular weight excluding hydrogens is 188 g/mol. The van der Waals surface area contributed by atoms with Crippen molar-refractivity contribution < 1.29 is 14.7 Å². The first-order chi connectivity index (χ1) is 6.61. The minimum Gasteiger partial charge on any atom is -0.481 e. The smallest absolute Gasteiger partial charge is 0.317 e. The van der Waals surface area contributed by atoms with E-state index in [1.54, 1.807) is 6.92 Å². The molecule has 7 heteroatoms. The van der Waals surface area contributed by atoms with Crippen LogP contribution in [0.15, 0.2) is 0 Å². The summed E-state index contributed by atoms with van der Waals surface area (Å²) in [6, 6.07) is 0. The second-order valence-corrected chi connectivity index (χ2v) is 3.41. The van der Waals surface area contributed by atoms with Gasteiger partial charge in [0.25, 0.3) is 0 Å². The number of hydrazine groups is 1.